The van der Waals surface area contributed by atoms with Crippen LogP contribution in [0.1, 0.15) is 5.56 Å². The van der Waals surface area contributed by atoms with E-state index in [4.69, 9.17) is 5.11 Å². The Morgan fingerprint density at radius 3 is 2.53 bits per heavy atom. The second-order valence-electron chi connectivity index (χ2n) is 2.71. The average Bonchev–Trinajstić information content (AvgIpc) is 2.14. The Morgan fingerprint density at radius 2 is 2.00 bits per heavy atom. The van der Waals surface area contributed by atoms with Crippen molar-refractivity contribution in [3.8, 4) is 0 Å². The van der Waals surface area contributed by atoms with Crippen molar-refractivity contribution >= 4 is 27.7 Å². The molecule has 1 nitrogen and oxygen atoms in total. The number of rotatable bonds is 3. The molecule has 1 aromatic carbocycles. The van der Waals surface area contributed by atoms with Gasteiger partial charge in [-0.1, -0.05) is 15.9 Å². The van der Waals surface area contributed by atoms with Crippen LogP contribution in [-0.4, -0.2) is 17.5 Å². The van der Waals surface area contributed by atoms with Gasteiger partial charge >= 0.3 is 6.18 Å². The van der Waals surface area contributed by atoms with Gasteiger partial charge in [-0.25, -0.2) is 0 Å². The normalized spacial score (nSPS) is 11.8. The minimum absolute atomic E-state index is 0.139. The lowest BCUT2D eigenvalue weighted by atomic mass is 10.2. The van der Waals surface area contributed by atoms with Crippen LogP contribution in [0.3, 0.4) is 0 Å². The van der Waals surface area contributed by atoms with Gasteiger partial charge in [0.15, 0.2) is 0 Å². The van der Waals surface area contributed by atoms with Gasteiger partial charge in [0.05, 0.1) is 12.2 Å². The summed E-state index contributed by atoms with van der Waals surface area (Å²) in [5, 5.41) is 8.56. The molecule has 0 unspecified atom stereocenters. The number of thioether (sulfide) groups is 1. The average molecular weight is 301 g/mol. The molecule has 0 aliphatic rings. The first-order chi connectivity index (χ1) is 6.95. The highest BCUT2D eigenvalue weighted by Crippen LogP contribution is 2.38. The first-order valence-corrected chi connectivity index (χ1v) is 5.83. The standard InChI is InChI=1S/C9H8BrF3OS/c10-6-1-2-8(15-4-3-14)7(5-6)9(11,12)13/h1-2,5,14H,3-4H2. The predicted molar refractivity (Wildman–Crippen MR) is 57.0 cm³/mol. The van der Waals surface area contributed by atoms with E-state index < -0.39 is 11.7 Å². The van der Waals surface area contributed by atoms with Gasteiger partial charge in [0, 0.05) is 15.1 Å². The monoisotopic (exact) mass is 300 g/mol. The summed E-state index contributed by atoms with van der Waals surface area (Å²) >= 11 is 3.99. The van der Waals surface area contributed by atoms with Crippen molar-refractivity contribution in [2.75, 3.05) is 12.4 Å². The zero-order valence-electron chi connectivity index (χ0n) is 7.51. The second kappa shape index (κ2) is 5.23. The lowest BCUT2D eigenvalue weighted by Crippen LogP contribution is -2.07. The summed E-state index contributed by atoms with van der Waals surface area (Å²) in [5.41, 5.74) is -0.671. The molecule has 1 rings (SSSR count). The fraction of sp³-hybridized carbons (Fsp3) is 0.333. The van der Waals surface area contributed by atoms with E-state index in [0.717, 1.165) is 17.8 Å². The minimum Gasteiger partial charge on any atom is -0.396 e. The molecule has 1 N–H and O–H groups in total. The Bertz CT molecular complexity index is 341. The molecule has 6 heteroatoms. The van der Waals surface area contributed by atoms with E-state index in [9.17, 15) is 13.2 Å². The summed E-state index contributed by atoms with van der Waals surface area (Å²) < 4.78 is 38.1. The van der Waals surface area contributed by atoms with Crippen molar-refractivity contribution in [2.45, 2.75) is 11.1 Å². The number of benzene rings is 1. The van der Waals surface area contributed by atoms with Crippen LogP contribution in [0.15, 0.2) is 27.6 Å². The molecule has 0 saturated carbocycles. The van der Waals surface area contributed by atoms with Crippen LogP contribution >= 0.6 is 27.7 Å². The van der Waals surface area contributed by atoms with Gasteiger partial charge in [-0.15, -0.1) is 11.8 Å². The van der Waals surface area contributed by atoms with Crippen LogP contribution in [0.2, 0.25) is 0 Å². The van der Waals surface area contributed by atoms with Gasteiger partial charge < -0.3 is 5.11 Å². The van der Waals surface area contributed by atoms with Gasteiger partial charge in [0.2, 0.25) is 0 Å². The van der Waals surface area contributed by atoms with Gasteiger partial charge in [-0.05, 0) is 18.2 Å². The number of halogens is 4. The Balaban J connectivity index is 3.04. The zero-order valence-corrected chi connectivity index (χ0v) is 9.92. The van der Waals surface area contributed by atoms with Crippen molar-refractivity contribution < 1.29 is 18.3 Å². The lowest BCUT2D eigenvalue weighted by Gasteiger charge is -2.12. The van der Waals surface area contributed by atoms with Gasteiger partial charge in [0.1, 0.15) is 0 Å². The van der Waals surface area contributed by atoms with Crippen LogP contribution in [0.25, 0.3) is 0 Å². The number of hydrogen-bond donors (Lipinski definition) is 1. The van der Waals surface area contributed by atoms with Crippen molar-refractivity contribution in [1.29, 1.82) is 0 Å². The molecule has 84 valence electrons. The highest BCUT2D eigenvalue weighted by Gasteiger charge is 2.33. The molecule has 0 aliphatic heterocycles. The third-order valence-electron chi connectivity index (χ3n) is 1.60. The maximum absolute atomic E-state index is 12.6. The molecule has 1 aromatic rings. The summed E-state index contributed by atoms with van der Waals surface area (Å²) in [6, 6.07) is 3.99. The Morgan fingerprint density at radius 1 is 1.33 bits per heavy atom. The highest BCUT2D eigenvalue weighted by molar-refractivity contribution is 9.10. The topological polar surface area (TPSA) is 20.2 Å². The Labute approximate surface area is 97.8 Å². The van der Waals surface area contributed by atoms with E-state index >= 15 is 0 Å². The highest BCUT2D eigenvalue weighted by atomic mass is 79.9. The first-order valence-electron chi connectivity index (χ1n) is 4.05. The van der Waals surface area contributed by atoms with Crippen LogP contribution < -0.4 is 0 Å². The van der Waals surface area contributed by atoms with E-state index in [1.54, 1.807) is 6.07 Å². The molecule has 0 spiro atoms. The molecular formula is C9H8BrF3OS. The molecule has 0 radical (unpaired) electrons. The van der Waals surface area contributed by atoms with Crippen molar-refractivity contribution in [3.05, 3.63) is 28.2 Å². The molecule has 0 amide bonds. The van der Waals surface area contributed by atoms with E-state index in [1.807, 2.05) is 0 Å². The van der Waals surface area contributed by atoms with Crippen molar-refractivity contribution in [3.63, 3.8) is 0 Å². The van der Waals surface area contributed by atoms with Crippen LogP contribution in [0.4, 0.5) is 13.2 Å². The Kier molecular flexibility index (Phi) is 4.48. The quantitative estimate of drug-likeness (QED) is 0.862. The van der Waals surface area contributed by atoms with E-state index in [1.165, 1.54) is 6.07 Å². The molecule has 0 bridgehead atoms. The smallest absolute Gasteiger partial charge is 0.396 e. The van der Waals surface area contributed by atoms with Crippen LogP contribution in [-0.2, 0) is 6.18 Å². The largest absolute Gasteiger partial charge is 0.417 e. The Hall–Kier alpha value is -0.200. The number of aliphatic hydroxyl groups excluding tert-OH is 1. The summed E-state index contributed by atoms with van der Waals surface area (Å²) in [6.07, 6.45) is -4.36. The number of aliphatic hydroxyl groups is 1. The molecule has 15 heavy (non-hydrogen) atoms. The number of alkyl halides is 3. The summed E-state index contributed by atoms with van der Waals surface area (Å²) in [5.74, 6) is 0.255. The number of hydrogen-bond acceptors (Lipinski definition) is 2. The molecular weight excluding hydrogens is 293 g/mol. The predicted octanol–water partition coefficient (Wildman–Crippen LogP) is 3.55. The third-order valence-corrected chi connectivity index (χ3v) is 3.14. The summed E-state index contributed by atoms with van der Waals surface area (Å²) in [7, 11) is 0. The minimum atomic E-state index is -4.36. The van der Waals surface area contributed by atoms with Crippen molar-refractivity contribution in [2.24, 2.45) is 0 Å². The molecule has 0 heterocycles. The molecule has 0 aromatic heterocycles. The fourth-order valence-electron chi connectivity index (χ4n) is 1.01. The maximum atomic E-state index is 12.6. The van der Waals surface area contributed by atoms with Crippen LogP contribution in [0, 0.1) is 0 Å². The SMILES string of the molecule is OCCSc1ccc(Br)cc1C(F)(F)F. The molecule has 0 fully saturated rings. The first kappa shape index (κ1) is 12.9. The van der Waals surface area contributed by atoms with Crippen LogP contribution in [0.5, 0.6) is 0 Å². The van der Waals surface area contributed by atoms with E-state index in [0.29, 0.717) is 4.47 Å². The van der Waals surface area contributed by atoms with E-state index in [-0.39, 0.29) is 17.3 Å². The van der Waals surface area contributed by atoms with Crippen molar-refractivity contribution in [1.82, 2.24) is 0 Å². The van der Waals surface area contributed by atoms with E-state index in [2.05, 4.69) is 15.9 Å². The third kappa shape index (κ3) is 3.70. The van der Waals surface area contributed by atoms with Gasteiger partial charge in [0.25, 0.3) is 0 Å². The van der Waals surface area contributed by atoms with Gasteiger partial charge in [-0.3, -0.25) is 0 Å². The summed E-state index contributed by atoms with van der Waals surface area (Å²) in [6.45, 7) is -0.141. The summed E-state index contributed by atoms with van der Waals surface area (Å²) in [4.78, 5) is 0.139. The second-order valence-corrected chi connectivity index (χ2v) is 4.76. The molecule has 0 aliphatic carbocycles. The molecule has 0 saturated heterocycles. The zero-order chi connectivity index (χ0) is 11.5. The van der Waals surface area contributed by atoms with Gasteiger partial charge in [-0.2, -0.15) is 13.2 Å². The lowest BCUT2D eigenvalue weighted by molar-refractivity contribution is -0.139. The maximum Gasteiger partial charge on any atom is 0.417 e. The fourth-order valence-corrected chi connectivity index (χ4v) is 2.17. The molecule has 0 atom stereocenters.